The lowest BCUT2D eigenvalue weighted by atomic mass is 10.1. The van der Waals surface area contributed by atoms with Crippen LogP contribution in [0.25, 0.3) is 0 Å². The number of hydrogen-bond acceptors (Lipinski definition) is 6. The van der Waals surface area contributed by atoms with Gasteiger partial charge < -0.3 is 19.7 Å². The summed E-state index contributed by atoms with van der Waals surface area (Å²) in [6.07, 6.45) is 0.689. The molecule has 0 saturated heterocycles. The molecule has 226 valence electrons. The van der Waals surface area contributed by atoms with Crippen LogP contribution in [0.1, 0.15) is 32.8 Å². The normalized spacial score (nSPS) is 12.6. The number of methoxy groups -OCH3 is 2. The van der Waals surface area contributed by atoms with E-state index in [1.54, 1.807) is 55.5 Å². The van der Waals surface area contributed by atoms with Gasteiger partial charge in [0.2, 0.25) is 11.8 Å². The Labute approximate surface area is 257 Å². The van der Waals surface area contributed by atoms with E-state index in [0.29, 0.717) is 27.8 Å². The molecule has 9 nitrogen and oxygen atoms in total. The second-order valence-corrected chi connectivity index (χ2v) is 12.3. The van der Waals surface area contributed by atoms with Crippen molar-refractivity contribution in [2.75, 3.05) is 25.1 Å². The van der Waals surface area contributed by atoms with E-state index in [2.05, 4.69) is 5.32 Å². The molecule has 0 fully saturated rings. The van der Waals surface area contributed by atoms with E-state index in [0.717, 1.165) is 4.31 Å². The summed E-state index contributed by atoms with van der Waals surface area (Å²) in [7, 11) is -1.46. The molecule has 0 aliphatic heterocycles. The quantitative estimate of drug-likeness (QED) is 0.264. The van der Waals surface area contributed by atoms with Crippen LogP contribution in [-0.2, 0) is 26.2 Å². The number of ether oxygens (including phenoxy) is 2. The van der Waals surface area contributed by atoms with E-state index >= 15 is 0 Å². The van der Waals surface area contributed by atoms with Crippen molar-refractivity contribution in [3.05, 3.63) is 82.3 Å². The predicted octanol–water partition coefficient (Wildman–Crippen LogP) is 5.54. The highest BCUT2D eigenvalue weighted by atomic mass is 35.5. The van der Waals surface area contributed by atoms with Crippen LogP contribution < -0.4 is 19.1 Å². The van der Waals surface area contributed by atoms with Crippen LogP contribution in [0, 0.1) is 0 Å². The summed E-state index contributed by atoms with van der Waals surface area (Å²) in [6.45, 7) is 4.64. The number of hydrogen-bond donors (Lipinski definition) is 1. The highest BCUT2D eigenvalue weighted by Gasteiger charge is 2.33. The molecule has 0 aliphatic rings. The highest BCUT2D eigenvalue weighted by molar-refractivity contribution is 7.92. The first-order valence-electron chi connectivity index (χ1n) is 13.3. The zero-order valence-corrected chi connectivity index (χ0v) is 26.5. The molecular weight excluding hydrogens is 601 g/mol. The number of rotatable bonds is 13. The molecule has 0 radical (unpaired) electrons. The van der Waals surface area contributed by atoms with Crippen molar-refractivity contribution in [2.24, 2.45) is 0 Å². The number of nitrogens with zero attached hydrogens (tertiary/aromatic N) is 2. The van der Waals surface area contributed by atoms with E-state index in [9.17, 15) is 18.0 Å². The second-order valence-electron chi connectivity index (χ2n) is 9.58. The van der Waals surface area contributed by atoms with Crippen molar-refractivity contribution in [1.29, 1.82) is 0 Å². The zero-order valence-electron chi connectivity index (χ0n) is 24.1. The molecule has 0 aliphatic carbocycles. The summed E-state index contributed by atoms with van der Waals surface area (Å²) in [5.41, 5.74) is 0.694. The molecule has 3 aromatic carbocycles. The first-order valence-corrected chi connectivity index (χ1v) is 15.5. The third-order valence-electron chi connectivity index (χ3n) is 6.82. The SMILES string of the molecule is CC[C@@H](C)NC(=O)[C@@H](C)N(Cc1c(Cl)cccc1Cl)C(=O)CN(c1ccccc1)S(=O)(=O)c1ccc(OC)c(OC)c1. The van der Waals surface area contributed by atoms with Crippen LogP contribution >= 0.6 is 23.2 Å². The molecule has 0 saturated carbocycles. The summed E-state index contributed by atoms with van der Waals surface area (Å²) in [6, 6.07) is 16.3. The number of sulfonamides is 1. The van der Waals surface area contributed by atoms with Crippen molar-refractivity contribution in [3.8, 4) is 11.5 Å². The maximum Gasteiger partial charge on any atom is 0.264 e. The van der Waals surface area contributed by atoms with Crippen LogP contribution in [0.3, 0.4) is 0 Å². The molecular formula is C30H35Cl2N3O6S. The molecule has 0 bridgehead atoms. The standard InChI is InChI=1S/C30H35Cl2N3O6S/c1-6-20(2)33-30(37)21(3)34(18-24-25(31)13-10-14-26(24)32)29(36)19-35(22-11-8-7-9-12-22)42(38,39)23-15-16-27(40-4)28(17-23)41-5/h7-17,20-21H,6,18-19H2,1-5H3,(H,33,37)/t20-,21-/m1/s1. The van der Waals surface area contributed by atoms with Crippen molar-refractivity contribution in [1.82, 2.24) is 10.2 Å². The Balaban J connectivity index is 2.08. The van der Waals surface area contributed by atoms with Gasteiger partial charge in [-0.15, -0.1) is 0 Å². The van der Waals surface area contributed by atoms with Gasteiger partial charge in [-0.2, -0.15) is 0 Å². The summed E-state index contributed by atoms with van der Waals surface area (Å²) in [4.78, 5) is 28.4. The van der Waals surface area contributed by atoms with Gasteiger partial charge in [-0.25, -0.2) is 8.42 Å². The smallest absolute Gasteiger partial charge is 0.264 e. The number of halogens is 2. The lowest BCUT2D eigenvalue weighted by molar-refractivity contribution is -0.139. The monoisotopic (exact) mass is 635 g/mol. The van der Waals surface area contributed by atoms with E-state index in [1.807, 2.05) is 13.8 Å². The molecule has 2 atom stereocenters. The van der Waals surface area contributed by atoms with Crippen LogP contribution in [0.5, 0.6) is 11.5 Å². The number of para-hydroxylation sites is 1. The molecule has 3 rings (SSSR count). The Morgan fingerprint density at radius 3 is 2.10 bits per heavy atom. The Kier molecular flexibility index (Phi) is 11.5. The fourth-order valence-corrected chi connectivity index (χ4v) is 6.08. The predicted molar refractivity (Wildman–Crippen MR) is 165 cm³/mol. The van der Waals surface area contributed by atoms with Crippen LogP contribution in [0.4, 0.5) is 5.69 Å². The number of nitrogens with one attached hydrogen (secondary N) is 1. The molecule has 2 amide bonds. The molecule has 0 spiro atoms. The number of amides is 2. The molecule has 1 N–H and O–H groups in total. The Bertz CT molecular complexity index is 1480. The van der Waals surface area contributed by atoms with Gasteiger partial charge >= 0.3 is 0 Å². The van der Waals surface area contributed by atoms with Gasteiger partial charge in [-0.1, -0.05) is 54.4 Å². The summed E-state index contributed by atoms with van der Waals surface area (Å²) in [5, 5.41) is 3.51. The van der Waals surface area contributed by atoms with Gasteiger partial charge in [0.25, 0.3) is 10.0 Å². The molecule has 0 heterocycles. The van der Waals surface area contributed by atoms with Gasteiger partial charge in [-0.3, -0.25) is 13.9 Å². The van der Waals surface area contributed by atoms with Gasteiger partial charge in [0.1, 0.15) is 12.6 Å². The Morgan fingerprint density at radius 2 is 1.52 bits per heavy atom. The average molecular weight is 637 g/mol. The summed E-state index contributed by atoms with van der Waals surface area (Å²) >= 11 is 12.9. The number of carbonyl (C=O) groups excluding carboxylic acids is 2. The molecule has 0 aromatic heterocycles. The minimum atomic E-state index is -4.30. The largest absolute Gasteiger partial charge is 0.493 e. The minimum absolute atomic E-state index is 0.111. The molecule has 3 aromatic rings. The minimum Gasteiger partial charge on any atom is -0.493 e. The fraction of sp³-hybridized carbons (Fsp3) is 0.333. The van der Waals surface area contributed by atoms with Gasteiger partial charge in [0, 0.05) is 34.3 Å². The second kappa shape index (κ2) is 14.6. The average Bonchev–Trinajstić information content (AvgIpc) is 2.99. The molecule has 42 heavy (non-hydrogen) atoms. The van der Waals surface area contributed by atoms with Crippen molar-refractivity contribution >= 4 is 50.7 Å². The van der Waals surface area contributed by atoms with Crippen LogP contribution in [0.15, 0.2) is 71.6 Å². The maximum atomic E-state index is 14.1. The topological polar surface area (TPSA) is 105 Å². The first kappa shape index (κ1) is 33.0. The number of benzene rings is 3. The van der Waals surface area contributed by atoms with Crippen molar-refractivity contribution in [3.63, 3.8) is 0 Å². The maximum absolute atomic E-state index is 14.1. The first-order chi connectivity index (χ1) is 19.9. The zero-order chi connectivity index (χ0) is 31.0. The highest BCUT2D eigenvalue weighted by Crippen LogP contribution is 2.33. The molecule has 12 heteroatoms. The van der Waals surface area contributed by atoms with E-state index in [-0.39, 0.29) is 28.9 Å². The summed E-state index contributed by atoms with van der Waals surface area (Å²) in [5.74, 6) is -0.466. The van der Waals surface area contributed by atoms with E-state index in [1.165, 1.54) is 37.3 Å². The van der Waals surface area contributed by atoms with Gasteiger partial charge in [-0.05, 0) is 56.7 Å². The molecule has 0 unspecified atom stereocenters. The third-order valence-corrected chi connectivity index (χ3v) is 9.30. The lowest BCUT2D eigenvalue weighted by Gasteiger charge is -2.33. The van der Waals surface area contributed by atoms with Gasteiger partial charge in [0.05, 0.1) is 24.8 Å². The lowest BCUT2D eigenvalue weighted by Crippen LogP contribution is -2.52. The fourth-order valence-electron chi connectivity index (χ4n) is 4.13. The number of anilines is 1. The third kappa shape index (κ3) is 7.67. The van der Waals surface area contributed by atoms with Crippen molar-refractivity contribution < 1.29 is 27.5 Å². The summed E-state index contributed by atoms with van der Waals surface area (Å²) < 4.78 is 39.7. The van der Waals surface area contributed by atoms with Crippen LogP contribution in [0.2, 0.25) is 10.0 Å². The van der Waals surface area contributed by atoms with Crippen LogP contribution in [-0.4, -0.2) is 58.0 Å². The Morgan fingerprint density at radius 1 is 0.905 bits per heavy atom. The van der Waals surface area contributed by atoms with E-state index < -0.39 is 34.4 Å². The number of carbonyl (C=O) groups is 2. The van der Waals surface area contributed by atoms with Crippen molar-refractivity contribution in [2.45, 2.75) is 50.7 Å². The van der Waals surface area contributed by atoms with E-state index in [4.69, 9.17) is 32.7 Å². The van der Waals surface area contributed by atoms with Gasteiger partial charge in [0.15, 0.2) is 11.5 Å². The Hall–Kier alpha value is -3.47.